The lowest BCUT2D eigenvalue weighted by Gasteiger charge is -2.14. The van der Waals surface area contributed by atoms with Crippen molar-refractivity contribution in [3.05, 3.63) is 12.1 Å². The van der Waals surface area contributed by atoms with Crippen molar-refractivity contribution in [3.63, 3.8) is 0 Å². The van der Waals surface area contributed by atoms with E-state index >= 15 is 0 Å². The third-order valence-electron chi connectivity index (χ3n) is 2.07. The molecule has 0 aliphatic heterocycles. The first-order valence-electron chi connectivity index (χ1n) is 5.17. The molecular formula is C10H18BNO3. The van der Waals surface area contributed by atoms with Crippen LogP contribution in [0.3, 0.4) is 0 Å². The molecule has 0 aliphatic carbocycles. The zero-order chi connectivity index (χ0) is 11.7. The molecule has 0 saturated carbocycles. The molecule has 0 aliphatic rings. The monoisotopic (exact) mass is 211 g/mol. The quantitative estimate of drug-likeness (QED) is 0.372. The largest absolute Gasteiger partial charge is 0.481 e. The number of carboxylic acids is 1. The Morgan fingerprint density at radius 2 is 2.00 bits per heavy atom. The molecule has 0 spiro atoms. The maximum atomic E-state index is 11.3. The Morgan fingerprint density at radius 1 is 1.33 bits per heavy atom. The highest BCUT2D eigenvalue weighted by Crippen LogP contribution is 2.01. The minimum atomic E-state index is -0.756. The Kier molecular flexibility index (Phi) is 7.41. The van der Waals surface area contributed by atoms with Crippen LogP contribution < -0.4 is 0 Å². The predicted octanol–water partition coefficient (Wildman–Crippen LogP) is 0.237. The fourth-order valence-electron chi connectivity index (χ4n) is 1.18. The summed E-state index contributed by atoms with van der Waals surface area (Å²) in [5, 5.41) is 8.41. The highest BCUT2D eigenvalue weighted by atomic mass is 16.4. The standard InChI is InChI=1S/C10H18BNO3/c1-12(9(13)6-7-11)8-4-2-3-5-10(14)15/h6-7H,2-5,8,11H2,1H3,(H,14,15)/b7-6+. The van der Waals surface area contributed by atoms with Crippen molar-refractivity contribution >= 4 is 19.7 Å². The van der Waals surface area contributed by atoms with E-state index in [4.69, 9.17) is 5.11 Å². The summed E-state index contributed by atoms with van der Waals surface area (Å²) in [5.74, 6) is 0.951. The average molecular weight is 211 g/mol. The molecule has 0 bridgehead atoms. The van der Waals surface area contributed by atoms with E-state index < -0.39 is 5.97 Å². The number of aliphatic carboxylic acids is 1. The first-order chi connectivity index (χ1) is 7.07. The number of likely N-dealkylation sites (N-methyl/N-ethyl adjacent to an activating group) is 1. The number of amides is 1. The van der Waals surface area contributed by atoms with Crippen LogP contribution in [0.4, 0.5) is 0 Å². The van der Waals surface area contributed by atoms with Crippen LogP contribution in [0.15, 0.2) is 12.1 Å². The molecule has 0 fully saturated rings. The van der Waals surface area contributed by atoms with E-state index in [-0.39, 0.29) is 12.3 Å². The Bertz CT molecular complexity index is 241. The second kappa shape index (κ2) is 8.09. The summed E-state index contributed by atoms with van der Waals surface area (Å²) in [6, 6.07) is 0. The summed E-state index contributed by atoms with van der Waals surface area (Å²) in [5.41, 5.74) is 0. The van der Waals surface area contributed by atoms with Crippen LogP contribution in [-0.2, 0) is 9.59 Å². The summed E-state index contributed by atoms with van der Waals surface area (Å²) < 4.78 is 0. The lowest BCUT2D eigenvalue weighted by molar-refractivity contribution is -0.137. The van der Waals surface area contributed by atoms with Gasteiger partial charge in [-0.15, -0.1) is 5.98 Å². The van der Waals surface area contributed by atoms with Gasteiger partial charge in [-0.3, -0.25) is 9.59 Å². The second-order valence-corrected chi connectivity index (χ2v) is 3.46. The van der Waals surface area contributed by atoms with Crippen molar-refractivity contribution in [2.24, 2.45) is 0 Å². The van der Waals surface area contributed by atoms with E-state index in [0.717, 1.165) is 12.8 Å². The topological polar surface area (TPSA) is 57.6 Å². The zero-order valence-corrected chi connectivity index (χ0v) is 9.40. The summed E-state index contributed by atoms with van der Waals surface area (Å²) in [6.07, 6.45) is 4.12. The van der Waals surface area contributed by atoms with Crippen LogP contribution in [0.2, 0.25) is 0 Å². The number of unbranched alkanes of at least 4 members (excludes halogenated alkanes) is 2. The average Bonchev–Trinajstić information content (AvgIpc) is 2.16. The van der Waals surface area contributed by atoms with Crippen LogP contribution in [0.25, 0.3) is 0 Å². The number of carbonyl (C=O) groups is 2. The normalized spacial score (nSPS) is 10.5. The Morgan fingerprint density at radius 3 is 2.53 bits per heavy atom. The molecular weight excluding hydrogens is 193 g/mol. The van der Waals surface area contributed by atoms with Crippen molar-refractivity contribution < 1.29 is 14.7 Å². The van der Waals surface area contributed by atoms with Gasteiger partial charge in [0.15, 0.2) is 0 Å². The van der Waals surface area contributed by atoms with Crippen LogP contribution in [0.5, 0.6) is 0 Å². The van der Waals surface area contributed by atoms with Gasteiger partial charge >= 0.3 is 5.97 Å². The SMILES string of the molecule is B/C=C/C(=O)N(C)CCCCCC(=O)O. The van der Waals surface area contributed by atoms with Crippen molar-refractivity contribution in [2.75, 3.05) is 13.6 Å². The van der Waals surface area contributed by atoms with Gasteiger partial charge in [0.2, 0.25) is 5.91 Å². The Labute approximate surface area is 91.4 Å². The third-order valence-corrected chi connectivity index (χ3v) is 2.07. The van der Waals surface area contributed by atoms with E-state index in [9.17, 15) is 9.59 Å². The molecule has 0 atom stereocenters. The summed E-state index contributed by atoms with van der Waals surface area (Å²) >= 11 is 0. The Balaban J connectivity index is 3.50. The van der Waals surface area contributed by atoms with Crippen LogP contribution in [0.1, 0.15) is 25.7 Å². The number of hydrogen-bond donors (Lipinski definition) is 1. The van der Waals surface area contributed by atoms with E-state index in [1.54, 1.807) is 25.8 Å². The van der Waals surface area contributed by atoms with Gasteiger partial charge in [-0.25, -0.2) is 0 Å². The zero-order valence-electron chi connectivity index (χ0n) is 9.40. The van der Waals surface area contributed by atoms with E-state index in [1.807, 2.05) is 0 Å². The molecule has 1 amide bonds. The molecule has 0 rings (SSSR count). The maximum absolute atomic E-state index is 11.3. The van der Waals surface area contributed by atoms with Crippen molar-refractivity contribution in [2.45, 2.75) is 25.7 Å². The van der Waals surface area contributed by atoms with Crippen LogP contribution in [0, 0.1) is 0 Å². The number of carbonyl (C=O) groups excluding carboxylic acids is 1. The summed E-state index contributed by atoms with van der Waals surface area (Å²) in [6.45, 7) is 0.683. The van der Waals surface area contributed by atoms with Gasteiger partial charge in [-0.1, -0.05) is 6.42 Å². The van der Waals surface area contributed by atoms with Crippen LogP contribution >= 0.6 is 0 Å². The van der Waals surface area contributed by atoms with Gasteiger partial charge in [0.25, 0.3) is 0 Å². The van der Waals surface area contributed by atoms with Crippen molar-refractivity contribution in [1.29, 1.82) is 0 Å². The molecule has 1 N–H and O–H groups in total. The molecule has 0 saturated heterocycles. The minimum absolute atomic E-state index is 0.00395. The molecule has 4 nitrogen and oxygen atoms in total. The van der Waals surface area contributed by atoms with Gasteiger partial charge in [-0.05, 0) is 18.9 Å². The van der Waals surface area contributed by atoms with Crippen molar-refractivity contribution in [3.8, 4) is 0 Å². The van der Waals surface area contributed by atoms with Gasteiger partial charge in [0.05, 0.1) is 0 Å². The second-order valence-electron chi connectivity index (χ2n) is 3.46. The molecule has 0 heterocycles. The van der Waals surface area contributed by atoms with Gasteiger partial charge < -0.3 is 10.0 Å². The smallest absolute Gasteiger partial charge is 0.303 e. The fourth-order valence-corrected chi connectivity index (χ4v) is 1.18. The maximum Gasteiger partial charge on any atom is 0.303 e. The number of nitrogens with zero attached hydrogens (tertiary/aromatic N) is 1. The minimum Gasteiger partial charge on any atom is -0.481 e. The number of carboxylic acid groups (broad SMARTS) is 1. The number of rotatable bonds is 7. The molecule has 0 aromatic carbocycles. The third kappa shape index (κ3) is 7.79. The van der Waals surface area contributed by atoms with Gasteiger partial charge in [0.1, 0.15) is 7.85 Å². The highest BCUT2D eigenvalue weighted by Gasteiger charge is 2.03. The van der Waals surface area contributed by atoms with Crippen LogP contribution in [-0.4, -0.2) is 43.3 Å². The Hall–Kier alpha value is -1.26. The highest BCUT2D eigenvalue weighted by molar-refractivity contribution is 6.18. The summed E-state index contributed by atoms with van der Waals surface area (Å²) in [4.78, 5) is 23.1. The molecule has 0 radical (unpaired) electrons. The molecule has 15 heavy (non-hydrogen) atoms. The first-order valence-corrected chi connectivity index (χ1v) is 5.17. The molecule has 5 heteroatoms. The van der Waals surface area contributed by atoms with Gasteiger partial charge in [0, 0.05) is 20.0 Å². The molecule has 84 valence electrons. The molecule has 0 aromatic rings. The first kappa shape index (κ1) is 13.7. The predicted molar refractivity (Wildman–Crippen MR) is 61.4 cm³/mol. The van der Waals surface area contributed by atoms with E-state index in [2.05, 4.69) is 0 Å². The van der Waals surface area contributed by atoms with Crippen molar-refractivity contribution in [1.82, 2.24) is 4.90 Å². The molecule has 0 aromatic heterocycles. The molecule has 0 unspecified atom stereocenters. The van der Waals surface area contributed by atoms with Gasteiger partial charge in [-0.2, -0.15) is 0 Å². The lowest BCUT2D eigenvalue weighted by Crippen LogP contribution is -2.25. The van der Waals surface area contributed by atoms with E-state index in [0.29, 0.717) is 13.0 Å². The summed E-state index contributed by atoms with van der Waals surface area (Å²) in [7, 11) is 3.55. The lowest BCUT2D eigenvalue weighted by atomic mass is 10.1. The fraction of sp³-hybridized carbons (Fsp3) is 0.600. The number of hydrogen-bond acceptors (Lipinski definition) is 2. The van der Waals surface area contributed by atoms with E-state index in [1.165, 1.54) is 6.08 Å².